The summed E-state index contributed by atoms with van der Waals surface area (Å²) in [5, 5.41) is 4.51. The zero-order valence-corrected chi connectivity index (χ0v) is 8.67. The van der Waals surface area contributed by atoms with E-state index < -0.39 is 6.04 Å². The standard InChI is InChI=1S/C9H10N2O3S/c12-8(4-6-2-1-3-15-6)10-7-5-14-11-9(7)13/h1-3,7H,4-5H2,(H,10,12)(H,11,13)/t7-/m0/s1. The van der Waals surface area contributed by atoms with E-state index in [1.54, 1.807) is 0 Å². The van der Waals surface area contributed by atoms with Crippen LogP contribution in [-0.4, -0.2) is 24.5 Å². The SMILES string of the molecule is O=C(Cc1cccs1)N[C@H]1CONC1=O. The minimum atomic E-state index is -0.558. The Hall–Kier alpha value is -1.40. The van der Waals surface area contributed by atoms with Gasteiger partial charge in [0.05, 0.1) is 6.42 Å². The van der Waals surface area contributed by atoms with Crippen molar-refractivity contribution in [3.63, 3.8) is 0 Å². The highest BCUT2D eigenvalue weighted by Gasteiger charge is 2.26. The van der Waals surface area contributed by atoms with Gasteiger partial charge < -0.3 is 5.32 Å². The molecule has 5 nitrogen and oxygen atoms in total. The third kappa shape index (κ3) is 2.54. The molecular weight excluding hydrogens is 216 g/mol. The molecule has 0 radical (unpaired) electrons. The van der Waals surface area contributed by atoms with Crippen molar-refractivity contribution in [3.05, 3.63) is 22.4 Å². The first-order valence-electron chi connectivity index (χ1n) is 4.49. The van der Waals surface area contributed by atoms with Gasteiger partial charge in [0, 0.05) is 4.88 Å². The van der Waals surface area contributed by atoms with E-state index in [4.69, 9.17) is 4.84 Å². The van der Waals surface area contributed by atoms with Crippen molar-refractivity contribution >= 4 is 23.2 Å². The van der Waals surface area contributed by atoms with Crippen LogP contribution in [0.5, 0.6) is 0 Å². The van der Waals surface area contributed by atoms with Gasteiger partial charge in [-0.3, -0.25) is 14.4 Å². The molecule has 1 aromatic rings. The van der Waals surface area contributed by atoms with E-state index in [2.05, 4.69) is 10.8 Å². The minimum Gasteiger partial charge on any atom is -0.342 e. The Morgan fingerprint density at radius 3 is 3.20 bits per heavy atom. The lowest BCUT2D eigenvalue weighted by molar-refractivity contribution is -0.128. The van der Waals surface area contributed by atoms with Gasteiger partial charge in [-0.05, 0) is 11.4 Å². The molecule has 0 unspecified atom stereocenters. The van der Waals surface area contributed by atoms with Crippen molar-refractivity contribution in [2.45, 2.75) is 12.5 Å². The Labute approximate surface area is 90.4 Å². The predicted octanol–water partition coefficient (Wildman–Crippen LogP) is -0.163. The van der Waals surface area contributed by atoms with Crippen LogP contribution in [0.15, 0.2) is 17.5 Å². The summed E-state index contributed by atoms with van der Waals surface area (Å²) in [7, 11) is 0. The van der Waals surface area contributed by atoms with Gasteiger partial charge in [0.1, 0.15) is 12.6 Å². The number of amides is 2. The quantitative estimate of drug-likeness (QED) is 0.752. The zero-order chi connectivity index (χ0) is 10.7. The smallest absolute Gasteiger partial charge is 0.268 e. The molecule has 2 heterocycles. The Morgan fingerprint density at radius 2 is 2.60 bits per heavy atom. The van der Waals surface area contributed by atoms with Gasteiger partial charge in [-0.25, -0.2) is 5.48 Å². The van der Waals surface area contributed by atoms with Crippen LogP contribution in [-0.2, 0) is 20.8 Å². The Kier molecular flexibility index (Phi) is 2.98. The lowest BCUT2D eigenvalue weighted by atomic mass is 10.2. The molecule has 1 aliphatic rings. The van der Waals surface area contributed by atoms with Gasteiger partial charge in [0.25, 0.3) is 5.91 Å². The molecule has 1 aliphatic heterocycles. The first-order chi connectivity index (χ1) is 7.25. The highest BCUT2D eigenvalue weighted by Crippen LogP contribution is 2.09. The van der Waals surface area contributed by atoms with Crippen LogP contribution in [0.25, 0.3) is 0 Å². The molecule has 15 heavy (non-hydrogen) atoms. The molecule has 0 aliphatic carbocycles. The van der Waals surface area contributed by atoms with Crippen molar-refractivity contribution in [1.82, 2.24) is 10.8 Å². The van der Waals surface area contributed by atoms with Gasteiger partial charge in [0.15, 0.2) is 0 Å². The summed E-state index contributed by atoms with van der Waals surface area (Å²) >= 11 is 1.52. The normalized spacial score (nSPS) is 20.0. The topological polar surface area (TPSA) is 67.4 Å². The van der Waals surface area contributed by atoms with Crippen LogP contribution in [0.1, 0.15) is 4.88 Å². The number of hydrogen-bond acceptors (Lipinski definition) is 4. The summed E-state index contributed by atoms with van der Waals surface area (Å²) in [6.45, 7) is 0.189. The lowest BCUT2D eigenvalue weighted by Crippen LogP contribution is -2.42. The fourth-order valence-corrected chi connectivity index (χ4v) is 1.97. The number of hydrogen-bond donors (Lipinski definition) is 2. The Balaban J connectivity index is 1.84. The van der Waals surface area contributed by atoms with Crippen molar-refractivity contribution in [2.24, 2.45) is 0 Å². The van der Waals surface area contributed by atoms with E-state index in [1.807, 2.05) is 17.5 Å². The molecular formula is C9H10N2O3S. The van der Waals surface area contributed by atoms with Crippen molar-refractivity contribution in [1.29, 1.82) is 0 Å². The first kappa shape index (κ1) is 10.1. The average molecular weight is 226 g/mol. The van der Waals surface area contributed by atoms with E-state index in [9.17, 15) is 9.59 Å². The fourth-order valence-electron chi connectivity index (χ4n) is 1.27. The van der Waals surface area contributed by atoms with Crippen LogP contribution in [0.3, 0.4) is 0 Å². The molecule has 1 fully saturated rings. The largest absolute Gasteiger partial charge is 0.342 e. The minimum absolute atomic E-state index is 0.164. The van der Waals surface area contributed by atoms with Gasteiger partial charge in [0.2, 0.25) is 5.91 Å². The van der Waals surface area contributed by atoms with E-state index in [0.29, 0.717) is 6.42 Å². The Bertz CT molecular complexity index is 363. The molecule has 0 saturated carbocycles. The summed E-state index contributed by atoms with van der Waals surface area (Å²) in [5.41, 5.74) is 2.18. The molecule has 2 N–H and O–H groups in total. The zero-order valence-electron chi connectivity index (χ0n) is 7.86. The fraction of sp³-hybridized carbons (Fsp3) is 0.333. The molecule has 1 aromatic heterocycles. The highest BCUT2D eigenvalue weighted by molar-refractivity contribution is 7.10. The van der Waals surface area contributed by atoms with Crippen molar-refractivity contribution in [2.75, 3.05) is 6.61 Å². The molecule has 2 amide bonds. The molecule has 80 valence electrons. The second-order valence-corrected chi connectivity index (χ2v) is 4.19. The van der Waals surface area contributed by atoms with E-state index in [0.717, 1.165) is 4.88 Å². The second-order valence-electron chi connectivity index (χ2n) is 3.15. The highest BCUT2D eigenvalue weighted by atomic mass is 32.1. The van der Waals surface area contributed by atoms with E-state index >= 15 is 0 Å². The van der Waals surface area contributed by atoms with Crippen LogP contribution in [0.4, 0.5) is 0 Å². The number of carbonyl (C=O) groups is 2. The second kappa shape index (κ2) is 4.41. The number of hydroxylamine groups is 1. The van der Waals surface area contributed by atoms with E-state index in [-0.39, 0.29) is 18.4 Å². The van der Waals surface area contributed by atoms with E-state index in [1.165, 1.54) is 11.3 Å². The van der Waals surface area contributed by atoms with Crippen LogP contribution in [0, 0.1) is 0 Å². The van der Waals surface area contributed by atoms with Gasteiger partial charge in [-0.2, -0.15) is 0 Å². The lowest BCUT2D eigenvalue weighted by Gasteiger charge is -2.06. The summed E-state index contributed by atoms with van der Waals surface area (Å²) in [6, 6.07) is 3.21. The van der Waals surface area contributed by atoms with Crippen LogP contribution >= 0.6 is 11.3 Å². The van der Waals surface area contributed by atoms with Crippen LogP contribution < -0.4 is 10.8 Å². The summed E-state index contributed by atoms with van der Waals surface area (Å²) in [4.78, 5) is 28.2. The van der Waals surface area contributed by atoms with Gasteiger partial charge >= 0.3 is 0 Å². The molecule has 0 spiro atoms. The maximum absolute atomic E-state index is 11.5. The third-order valence-corrected chi connectivity index (χ3v) is 2.87. The number of rotatable bonds is 3. The third-order valence-electron chi connectivity index (χ3n) is 1.99. The number of carbonyl (C=O) groups excluding carboxylic acids is 2. The van der Waals surface area contributed by atoms with Crippen molar-refractivity contribution < 1.29 is 14.4 Å². The van der Waals surface area contributed by atoms with Gasteiger partial charge in [-0.1, -0.05) is 6.07 Å². The van der Waals surface area contributed by atoms with Gasteiger partial charge in [-0.15, -0.1) is 11.3 Å². The Morgan fingerprint density at radius 1 is 1.73 bits per heavy atom. The molecule has 0 aromatic carbocycles. The summed E-state index contributed by atoms with van der Waals surface area (Å²) < 4.78 is 0. The molecule has 2 rings (SSSR count). The first-order valence-corrected chi connectivity index (χ1v) is 5.37. The molecule has 1 atom stereocenters. The average Bonchev–Trinajstić information content (AvgIpc) is 2.79. The summed E-state index contributed by atoms with van der Waals surface area (Å²) in [6.07, 6.45) is 0.307. The predicted molar refractivity (Wildman–Crippen MR) is 54.0 cm³/mol. The number of thiophene rings is 1. The maximum atomic E-state index is 11.5. The number of nitrogens with one attached hydrogen (secondary N) is 2. The molecule has 6 heteroatoms. The van der Waals surface area contributed by atoms with Crippen molar-refractivity contribution in [3.8, 4) is 0 Å². The molecule has 0 bridgehead atoms. The maximum Gasteiger partial charge on any atom is 0.268 e. The van der Waals surface area contributed by atoms with Crippen LogP contribution in [0.2, 0.25) is 0 Å². The monoisotopic (exact) mass is 226 g/mol. The molecule has 1 saturated heterocycles. The summed E-state index contributed by atoms with van der Waals surface area (Å²) in [5.74, 6) is -0.461.